The van der Waals surface area contributed by atoms with E-state index in [2.05, 4.69) is 5.32 Å². The van der Waals surface area contributed by atoms with Gasteiger partial charge in [-0.15, -0.1) is 0 Å². The van der Waals surface area contributed by atoms with Gasteiger partial charge in [0.2, 0.25) is 5.91 Å². The lowest BCUT2D eigenvalue weighted by atomic mass is 10.0. The van der Waals surface area contributed by atoms with Crippen LogP contribution in [-0.2, 0) is 22.6 Å². The summed E-state index contributed by atoms with van der Waals surface area (Å²) in [5.74, 6) is 0.191. The Balaban J connectivity index is 1.91. The van der Waals surface area contributed by atoms with Crippen molar-refractivity contribution >= 4 is 11.8 Å². The summed E-state index contributed by atoms with van der Waals surface area (Å²) in [6, 6.07) is 26.4. The van der Waals surface area contributed by atoms with Crippen molar-refractivity contribution in [3.05, 3.63) is 102 Å². The van der Waals surface area contributed by atoms with Gasteiger partial charge in [0, 0.05) is 18.5 Å². The van der Waals surface area contributed by atoms with Crippen LogP contribution in [0.15, 0.2) is 84.9 Å². The van der Waals surface area contributed by atoms with E-state index in [-0.39, 0.29) is 18.4 Å². The zero-order valence-electron chi connectivity index (χ0n) is 20.5. The lowest BCUT2D eigenvalue weighted by Crippen LogP contribution is -2.55. The molecule has 3 rings (SSSR count). The minimum Gasteiger partial charge on any atom is -0.484 e. The summed E-state index contributed by atoms with van der Waals surface area (Å²) >= 11 is 0. The molecule has 2 amide bonds. The first-order valence-electron chi connectivity index (χ1n) is 11.6. The van der Waals surface area contributed by atoms with Crippen molar-refractivity contribution in [1.29, 1.82) is 0 Å². The number of benzene rings is 3. The van der Waals surface area contributed by atoms with E-state index in [1.165, 1.54) is 0 Å². The second kappa shape index (κ2) is 11.5. The number of carbonyl (C=O) groups is 2. The van der Waals surface area contributed by atoms with Gasteiger partial charge in [0.15, 0.2) is 6.61 Å². The number of hydrogen-bond acceptors (Lipinski definition) is 3. The predicted octanol–water partition coefficient (Wildman–Crippen LogP) is 4.93. The van der Waals surface area contributed by atoms with Crippen LogP contribution < -0.4 is 10.1 Å². The second-order valence-corrected chi connectivity index (χ2v) is 9.55. The third-order valence-electron chi connectivity index (χ3n) is 5.35. The van der Waals surface area contributed by atoms with Gasteiger partial charge in [0.05, 0.1) is 0 Å². The summed E-state index contributed by atoms with van der Waals surface area (Å²) in [6.45, 7) is 8.01. The van der Waals surface area contributed by atoms with E-state index in [9.17, 15) is 9.59 Å². The van der Waals surface area contributed by atoms with Crippen molar-refractivity contribution in [3.63, 3.8) is 0 Å². The number of hydrogen-bond donors (Lipinski definition) is 1. The fourth-order valence-corrected chi connectivity index (χ4v) is 3.64. The Bertz CT molecular complexity index is 1060. The lowest BCUT2D eigenvalue weighted by Gasteiger charge is -2.33. The fraction of sp³-hybridized carbons (Fsp3) is 0.310. The van der Waals surface area contributed by atoms with Crippen LogP contribution >= 0.6 is 0 Å². The average Bonchev–Trinajstić information content (AvgIpc) is 2.81. The summed E-state index contributed by atoms with van der Waals surface area (Å²) in [7, 11) is 0. The SMILES string of the molecule is Cc1ccc(CN(C(=O)COc2ccccc2)C(Cc2ccccc2)C(=O)NC(C)(C)C)cc1. The van der Waals surface area contributed by atoms with Crippen LogP contribution in [0.2, 0.25) is 0 Å². The van der Waals surface area contributed by atoms with Crippen molar-refractivity contribution in [2.75, 3.05) is 6.61 Å². The number of rotatable bonds is 9. The third kappa shape index (κ3) is 7.77. The van der Waals surface area contributed by atoms with E-state index >= 15 is 0 Å². The minimum absolute atomic E-state index is 0.149. The first-order chi connectivity index (χ1) is 16.2. The summed E-state index contributed by atoms with van der Waals surface area (Å²) in [4.78, 5) is 28.6. The van der Waals surface area contributed by atoms with Crippen molar-refractivity contribution in [1.82, 2.24) is 10.2 Å². The van der Waals surface area contributed by atoms with E-state index in [0.29, 0.717) is 18.7 Å². The van der Waals surface area contributed by atoms with Crippen molar-refractivity contribution in [3.8, 4) is 5.75 Å². The van der Waals surface area contributed by atoms with Crippen molar-refractivity contribution in [2.45, 2.75) is 52.2 Å². The number of nitrogens with one attached hydrogen (secondary N) is 1. The fourth-order valence-electron chi connectivity index (χ4n) is 3.64. The molecule has 0 aromatic heterocycles. The highest BCUT2D eigenvalue weighted by Crippen LogP contribution is 2.17. The van der Waals surface area contributed by atoms with Crippen LogP contribution in [0.3, 0.4) is 0 Å². The molecular weight excluding hydrogens is 424 g/mol. The molecule has 0 spiro atoms. The molecule has 5 nitrogen and oxygen atoms in total. The zero-order chi connectivity index (χ0) is 24.6. The van der Waals surface area contributed by atoms with Crippen LogP contribution in [0.4, 0.5) is 0 Å². The summed E-state index contributed by atoms with van der Waals surface area (Å²) in [6.07, 6.45) is 0.408. The van der Waals surface area contributed by atoms with Crippen LogP contribution in [-0.4, -0.2) is 34.9 Å². The Labute approximate surface area is 202 Å². The Morgan fingerprint density at radius 1 is 0.853 bits per heavy atom. The highest BCUT2D eigenvalue weighted by atomic mass is 16.5. The molecule has 3 aromatic carbocycles. The lowest BCUT2D eigenvalue weighted by molar-refractivity contribution is -0.143. The number of para-hydroxylation sites is 1. The molecule has 0 heterocycles. The standard InChI is InChI=1S/C29H34N2O3/c1-22-15-17-24(18-16-22)20-31(27(32)21-34-25-13-9-6-10-14-25)26(28(33)30-29(2,3)4)19-23-11-7-5-8-12-23/h5-18,26H,19-21H2,1-4H3,(H,30,33). The molecule has 1 unspecified atom stereocenters. The number of amides is 2. The molecule has 34 heavy (non-hydrogen) atoms. The molecule has 178 valence electrons. The van der Waals surface area contributed by atoms with Crippen molar-refractivity contribution in [2.24, 2.45) is 0 Å². The highest BCUT2D eigenvalue weighted by molar-refractivity contribution is 5.89. The average molecular weight is 459 g/mol. The Morgan fingerprint density at radius 3 is 2.03 bits per heavy atom. The number of aryl methyl sites for hydroxylation is 1. The molecule has 5 heteroatoms. The van der Waals surface area contributed by atoms with Gasteiger partial charge in [0.25, 0.3) is 5.91 Å². The van der Waals surface area contributed by atoms with Crippen LogP contribution in [0, 0.1) is 6.92 Å². The maximum absolute atomic E-state index is 13.5. The molecule has 0 aliphatic heterocycles. The Hall–Kier alpha value is -3.60. The minimum atomic E-state index is -0.685. The first-order valence-corrected chi connectivity index (χ1v) is 11.6. The number of carbonyl (C=O) groups excluding carboxylic acids is 2. The maximum Gasteiger partial charge on any atom is 0.261 e. The molecule has 0 saturated carbocycles. The van der Waals surface area contributed by atoms with Crippen LogP contribution in [0.1, 0.15) is 37.5 Å². The number of nitrogens with zero attached hydrogens (tertiary/aromatic N) is 1. The molecule has 3 aromatic rings. The largest absolute Gasteiger partial charge is 0.484 e. The summed E-state index contributed by atoms with van der Waals surface area (Å²) < 4.78 is 5.76. The quantitative estimate of drug-likeness (QED) is 0.495. The molecular formula is C29H34N2O3. The van der Waals surface area contributed by atoms with Gasteiger partial charge >= 0.3 is 0 Å². The third-order valence-corrected chi connectivity index (χ3v) is 5.35. The Kier molecular flexibility index (Phi) is 8.47. The molecule has 0 bridgehead atoms. The highest BCUT2D eigenvalue weighted by Gasteiger charge is 2.32. The normalized spacial score (nSPS) is 12.0. The molecule has 1 N–H and O–H groups in total. The van der Waals surface area contributed by atoms with E-state index in [1.807, 2.05) is 113 Å². The topological polar surface area (TPSA) is 58.6 Å². The van der Waals surface area contributed by atoms with Gasteiger partial charge in [-0.05, 0) is 51.0 Å². The van der Waals surface area contributed by atoms with Gasteiger partial charge < -0.3 is 15.0 Å². The monoisotopic (exact) mass is 458 g/mol. The maximum atomic E-state index is 13.5. The van der Waals surface area contributed by atoms with Crippen LogP contribution in [0.5, 0.6) is 5.75 Å². The van der Waals surface area contributed by atoms with E-state index in [0.717, 1.165) is 16.7 Å². The second-order valence-electron chi connectivity index (χ2n) is 9.55. The molecule has 0 saturated heterocycles. The number of ether oxygens (including phenoxy) is 1. The first kappa shape index (κ1) is 25.0. The van der Waals surface area contributed by atoms with E-state index in [1.54, 1.807) is 4.90 Å². The van der Waals surface area contributed by atoms with Gasteiger partial charge in [-0.3, -0.25) is 9.59 Å². The molecule has 0 radical (unpaired) electrons. The van der Waals surface area contributed by atoms with E-state index < -0.39 is 11.6 Å². The smallest absolute Gasteiger partial charge is 0.261 e. The zero-order valence-corrected chi connectivity index (χ0v) is 20.5. The van der Waals surface area contributed by atoms with Gasteiger partial charge in [-0.1, -0.05) is 78.4 Å². The molecule has 1 atom stereocenters. The molecule has 0 aliphatic rings. The van der Waals surface area contributed by atoms with Gasteiger partial charge in [0.1, 0.15) is 11.8 Å². The summed E-state index contributed by atoms with van der Waals surface area (Å²) in [5.41, 5.74) is 2.66. The van der Waals surface area contributed by atoms with E-state index in [4.69, 9.17) is 4.74 Å². The predicted molar refractivity (Wildman–Crippen MR) is 135 cm³/mol. The summed E-state index contributed by atoms with van der Waals surface area (Å²) in [5, 5.41) is 3.07. The molecule has 0 aliphatic carbocycles. The van der Waals surface area contributed by atoms with Gasteiger partial charge in [-0.25, -0.2) is 0 Å². The van der Waals surface area contributed by atoms with Gasteiger partial charge in [-0.2, -0.15) is 0 Å². The van der Waals surface area contributed by atoms with Crippen molar-refractivity contribution < 1.29 is 14.3 Å². The molecule has 0 fully saturated rings. The Morgan fingerprint density at radius 2 is 1.44 bits per heavy atom. The van der Waals surface area contributed by atoms with Crippen LogP contribution in [0.25, 0.3) is 0 Å².